The maximum Gasteiger partial charge on any atom is 0.0294 e. The van der Waals surface area contributed by atoms with E-state index in [-0.39, 0.29) is 0 Å². The van der Waals surface area contributed by atoms with Crippen LogP contribution in [-0.2, 0) is 0 Å². The zero-order valence-electron chi connectivity index (χ0n) is 11.0. The Morgan fingerprint density at radius 3 is 2.25 bits per heavy atom. The molecule has 0 fully saturated rings. The molecule has 1 heteroatoms. The average Bonchev–Trinajstić information content (AvgIpc) is 2.29. The van der Waals surface area contributed by atoms with Crippen LogP contribution >= 0.6 is 0 Å². The molecule has 90 valence electrons. The van der Waals surface area contributed by atoms with Crippen molar-refractivity contribution in [2.24, 2.45) is 5.92 Å². The second-order valence-corrected chi connectivity index (χ2v) is 4.95. The topological polar surface area (TPSA) is 12.0 Å². The van der Waals surface area contributed by atoms with Crippen LogP contribution in [0.2, 0.25) is 0 Å². The van der Waals surface area contributed by atoms with E-state index in [9.17, 15) is 0 Å². The molecule has 1 N–H and O–H groups in total. The predicted molar refractivity (Wildman–Crippen MR) is 71.5 cm³/mol. The first-order chi connectivity index (χ1) is 7.63. The fourth-order valence-corrected chi connectivity index (χ4v) is 2.10. The van der Waals surface area contributed by atoms with Crippen molar-refractivity contribution in [3.8, 4) is 0 Å². The van der Waals surface area contributed by atoms with E-state index in [1.54, 1.807) is 0 Å². The maximum atomic E-state index is 3.66. The van der Waals surface area contributed by atoms with Crippen molar-refractivity contribution in [3.63, 3.8) is 0 Å². The minimum absolute atomic E-state index is 0.445. The van der Waals surface area contributed by atoms with Gasteiger partial charge in [0, 0.05) is 12.1 Å². The highest BCUT2D eigenvalue weighted by atomic mass is 14.9. The van der Waals surface area contributed by atoms with Crippen LogP contribution in [0, 0.1) is 5.92 Å². The molecule has 16 heavy (non-hydrogen) atoms. The molecular formula is C15H25N. The standard InChI is InChI=1S/C15H25N/c1-5-12(2)11-13(3)16-14(4)15-9-7-6-8-10-15/h6-10,12-14,16H,5,11H2,1-4H3. The molecule has 0 aromatic heterocycles. The SMILES string of the molecule is CCC(C)CC(C)NC(C)c1ccccc1. The van der Waals surface area contributed by atoms with E-state index in [4.69, 9.17) is 0 Å². The first kappa shape index (κ1) is 13.2. The molecule has 3 unspecified atom stereocenters. The van der Waals surface area contributed by atoms with Gasteiger partial charge < -0.3 is 5.32 Å². The van der Waals surface area contributed by atoms with Crippen LogP contribution in [0.15, 0.2) is 30.3 Å². The van der Waals surface area contributed by atoms with E-state index in [1.807, 2.05) is 0 Å². The van der Waals surface area contributed by atoms with Gasteiger partial charge in [-0.1, -0.05) is 50.6 Å². The molecule has 1 rings (SSSR count). The molecule has 0 aliphatic carbocycles. The van der Waals surface area contributed by atoms with Gasteiger partial charge in [0.15, 0.2) is 0 Å². The monoisotopic (exact) mass is 219 g/mol. The summed E-state index contributed by atoms with van der Waals surface area (Å²) in [4.78, 5) is 0. The highest BCUT2D eigenvalue weighted by molar-refractivity contribution is 5.18. The summed E-state index contributed by atoms with van der Waals surface area (Å²) < 4.78 is 0. The van der Waals surface area contributed by atoms with Crippen LogP contribution < -0.4 is 5.32 Å². The summed E-state index contributed by atoms with van der Waals surface area (Å²) >= 11 is 0. The summed E-state index contributed by atoms with van der Waals surface area (Å²) in [5.74, 6) is 0.811. The Morgan fingerprint density at radius 2 is 1.69 bits per heavy atom. The van der Waals surface area contributed by atoms with Gasteiger partial charge in [0.25, 0.3) is 0 Å². The molecule has 0 bridgehead atoms. The number of hydrogen-bond acceptors (Lipinski definition) is 1. The van der Waals surface area contributed by atoms with Gasteiger partial charge in [-0.15, -0.1) is 0 Å². The summed E-state index contributed by atoms with van der Waals surface area (Å²) in [5.41, 5.74) is 1.37. The highest BCUT2D eigenvalue weighted by Gasteiger charge is 2.11. The number of benzene rings is 1. The first-order valence-corrected chi connectivity index (χ1v) is 6.44. The lowest BCUT2D eigenvalue weighted by molar-refractivity contribution is 0.385. The van der Waals surface area contributed by atoms with Crippen LogP contribution in [0.1, 0.15) is 52.1 Å². The molecule has 0 spiro atoms. The molecule has 3 atom stereocenters. The number of rotatable bonds is 6. The molecule has 1 aromatic rings. The van der Waals surface area contributed by atoms with Gasteiger partial charge in [0.1, 0.15) is 0 Å². The Kier molecular flexibility index (Phi) is 5.54. The van der Waals surface area contributed by atoms with Crippen molar-refractivity contribution in [1.29, 1.82) is 0 Å². The largest absolute Gasteiger partial charge is 0.308 e. The van der Waals surface area contributed by atoms with E-state index in [0.29, 0.717) is 12.1 Å². The average molecular weight is 219 g/mol. The Bertz CT molecular complexity index is 281. The fraction of sp³-hybridized carbons (Fsp3) is 0.600. The Morgan fingerprint density at radius 1 is 1.06 bits per heavy atom. The molecule has 0 saturated heterocycles. The second kappa shape index (κ2) is 6.70. The molecular weight excluding hydrogens is 194 g/mol. The van der Waals surface area contributed by atoms with Crippen molar-refractivity contribution < 1.29 is 0 Å². The molecule has 0 aliphatic heterocycles. The number of hydrogen-bond donors (Lipinski definition) is 1. The minimum Gasteiger partial charge on any atom is -0.308 e. The molecule has 1 nitrogen and oxygen atoms in total. The summed E-state index contributed by atoms with van der Waals surface area (Å²) in [7, 11) is 0. The van der Waals surface area contributed by atoms with Crippen molar-refractivity contribution in [3.05, 3.63) is 35.9 Å². The van der Waals surface area contributed by atoms with Gasteiger partial charge in [0.2, 0.25) is 0 Å². The Balaban J connectivity index is 2.42. The van der Waals surface area contributed by atoms with E-state index in [0.717, 1.165) is 5.92 Å². The number of nitrogens with one attached hydrogen (secondary N) is 1. The van der Waals surface area contributed by atoms with Gasteiger partial charge in [-0.05, 0) is 31.7 Å². The third kappa shape index (κ3) is 4.36. The van der Waals surface area contributed by atoms with Crippen LogP contribution in [0.3, 0.4) is 0 Å². The normalized spacial score (nSPS) is 16.8. The molecule has 0 amide bonds. The van der Waals surface area contributed by atoms with E-state index in [2.05, 4.69) is 63.3 Å². The van der Waals surface area contributed by atoms with Crippen LogP contribution in [0.5, 0.6) is 0 Å². The van der Waals surface area contributed by atoms with Crippen molar-refractivity contribution in [2.45, 2.75) is 52.6 Å². The zero-order valence-corrected chi connectivity index (χ0v) is 11.0. The molecule has 0 aliphatic rings. The van der Waals surface area contributed by atoms with Gasteiger partial charge in [-0.25, -0.2) is 0 Å². The van der Waals surface area contributed by atoms with Crippen molar-refractivity contribution in [1.82, 2.24) is 5.32 Å². The quantitative estimate of drug-likeness (QED) is 0.757. The third-order valence-corrected chi connectivity index (χ3v) is 3.29. The molecule has 0 radical (unpaired) electrons. The van der Waals surface area contributed by atoms with Crippen LogP contribution in [0.25, 0.3) is 0 Å². The Hall–Kier alpha value is -0.820. The third-order valence-electron chi connectivity index (χ3n) is 3.29. The van der Waals surface area contributed by atoms with E-state index >= 15 is 0 Å². The van der Waals surface area contributed by atoms with Crippen molar-refractivity contribution >= 4 is 0 Å². The fourth-order valence-electron chi connectivity index (χ4n) is 2.10. The highest BCUT2D eigenvalue weighted by Crippen LogP contribution is 2.15. The lowest BCUT2D eigenvalue weighted by Gasteiger charge is -2.22. The zero-order chi connectivity index (χ0) is 12.0. The summed E-state index contributed by atoms with van der Waals surface area (Å²) in [6.07, 6.45) is 2.53. The predicted octanol–water partition coefficient (Wildman–Crippen LogP) is 4.16. The summed E-state index contributed by atoms with van der Waals surface area (Å²) in [5, 5.41) is 3.66. The second-order valence-electron chi connectivity index (χ2n) is 4.95. The van der Waals surface area contributed by atoms with E-state index in [1.165, 1.54) is 18.4 Å². The maximum absolute atomic E-state index is 3.66. The lowest BCUT2D eigenvalue weighted by atomic mass is 9.99. The molecule has 1 aromatic carbocycles. The summed E-state index contributed by atoms with van der Waals surface area (Å²) in [6.45, 7) is 9.11. The lowest BCUT2D eigenvalue weighted by Crippen LogP contribution is -2.30. The van der Waals surface area contributed by atoms with Crippen molar-refractivity contribution in [2.75, 3.05) is 0 Å². The van der Waals surface area contributed by atoms with E-state index < -0.39 is 0 Å². The molecule has 0 heterocycles. The summed E-state index contributed by atoms with van der Waals surface area (Å²) in [6, 6.07) is 11.7. The van der Waals surface area contributed by atoms with Crippen LogP contribution in [-0.4, -0.2) is 6.04 Å². The minimum atomic E-state index is 0.445. The van der Waals surface area contributed by atoms with Gasteiger partial charge >= 0.3 is 0 Å². The van der Waals surface area contributed by atoms with Gasteiger partial charge in [0.05, 0.1) is 0 Å². The Labute approximate surface area is 100 Å². The molecule has 0 saturated carbocycles. The smallest absolute Gasteiger partial charge is 0.0294 e. The van der Waals surface area contributed by atoms with Crippen LogP contribution in [0.4, 0.5) is 0 Å². The van der Waals surface area contributed by atoms with Gasteiger partial charge in [-0.2, -0.15) is 0 Å². The van der Waals surface area contributed by atoms with Gasteiger partial charge in [-0.3, -0.25) is 0 Å². The first-order valence-electron chi connectivity index (χ1n) is 6.44.